The van der Waals surface area contributed by atoms with Crippen LogP contribution >= 0.6 is 0 Å². The minimum absolute atomic E-state index is 0.0356. The zero-order valence-corrected chi connectivity index (χ0v) is 12.4. The third-order valence-electron chi connectivity index (χ3n) is 3.01. The summed E-state index contributed by atoms with van der Waals surface area (Å²) in [5, 5.41) is 7.82. The average molecular weight is 366 g/mol. The van der Waals surface area contributed by atoms with Crippen LogP contribution in [0.25, 0.3) is 0 Å². The van der Waals surface area contributed by atoms with Crippen molar-refractivity contribution in [3.05, 3.63) is 47.8 Å². The van der Waals surface area contributed by atoms with Crippen molar-refractivity contribution in [1.29, 1.82) is 0 Å². The molecule has 5 nitrogen and oxygen atoms in total. The number of nitrogens with one attached hydrogen (secondary N) is 2. The number of halogens is 6. The number of carbonyl (C=O) groups is 1. The Bertz CT molecular complexity index is 737. The number of anilines is 1. The molecule has 0 aliphatic heterocycles. The largest absolute Gasteiger partial charge is 0.435 e. The van der Waals surface area contributed by atoms with Crippen LogP contribution in [0.5, 0.6) is 0 Å². The van der Waals surface area contributed by atoms with Gasteiger partial charge in [-0.3, -0.25) is 4.68 Å². The fourth-order valence-electron chi connectivity index (χ4n) is 1.87. The van der Waals surface area contributed by atoms with Crippen molar-refractivity contribution in [1.82, 2.24) is 15.1 Å². The van der Waals surface area contributed by atoms with Gasteiger partial charge in [-0.05, 0) is 24.3 Å². The van der Waals surface area contributed by atoms with Gasteiger partial charge in [-0.25, -0.2) is 4.79 Å². The van der Waals surface area contributed by atoms with Crippen LogP contribution in [0.15, 0.2) is 36.5 Å². The van der Waals surface area contributed by atoms with Crippen LogP contribution in [0.2, 0.25) is 0 Å². The van der Waals surface area contributed by atoms with Crippen LogP contribution < -0.4 is 10.6 Å². The van der Waals surface area contributed by atoms with Crippen molar-refractivity contribution in [3.63, 3.8) is 0 Å². The quantitative estimate of drug-likeness (QED) is 0.810. The van der Waals surface area contributed by atoms with E-state index in [-0.39, 0.29) is 18.8 Å². The molecule has 11 heteroatoms. The van der Waals surface area contributed by atoms with E-state index in [9.17, 15) is 31.1 Å². The molecule has 2 rings (SSSR count). The van der Waals surface area contributed by atoms with Crippen molar-refractivity contribution in [3.8, 4) is 0 Å². The Morgan fingerprint density at radius 1 is 1.08 bits per heavy atom. The van der Waals surface area contributed by atoms with Gasteiger partial charge in [-0.2, -0.15) is 31.4 Å². The standard InChI is InChI=1S/C14H12F6N4O/c15-13(16,17)9-2-1-3-10(8-9)22-12(25)21-5-7-24-6-4-11(23-24)14(18,19)20/h1-4,6,8H,5,7H2,(H2,21,22,25). The average Bonchev–Trinajstić information content (AvgIpc) is 2.95. The molecule has 0 aliphatic rings. The molecular formula is C14H12F6N4O. The Morgan fingerprint density at radius 3 is 2.40 bits per heavy atom. The highest BCUT2D eigenvalue weighted by Gasteiger charge is 2.33. The van der Waals surface area contributed by atoms with Crippen LogP contribution in [-0.2, 0) is 18.9 Å². The first-order chi connectivity index (χ1) is 11.6. The monoisotopic (exact) mass is 366 g/mol. The van der Waals surface area contributed by atoms with Crippen molar-refractivity contribution in [2.24, 2.45) is 0 Å². The normalized spacial score (nSPS) is 12.1. The van der Waals surface area contributed by atoms with Gasteiger partial charge in [0.05, 0.1) is 12.1 Å². The maximum Gasteiger partial charge on any atom is 0.435 e. The molecular weight excluding hydrogens is 354 g/mol. The molecule has 25 heavy (non-hydrogen) atoms. The van der Waals surface area contributed by atoms with E-state index in [0.717, 1.165) is 35.1 Å². The summed E-state index contributed by atoms with van der Waals surface area (Å²) in [4.78, 5) is 11.6. The molecule has 0 saturated carbocycles. The molecule has 0 unspecified atom stereocenters. The topological polar surface area (TPSA) is 59.0 Å². The second-order valence-electron chi connectivity index (χ2n) is 4.92. The van der Waals surface area contributed by atoms with E-state index < -0.39 is 29.6 Å². The maximum atomic E-state index is 12.6. The lowest BCUT2D eigenvalue weighted by molar-refractivity contribution is -0.141. The van der Waals surface area contributed by atoms with Crippen LogP contribution in [0.1, 0.15) is 11.3 Å². The molecule has 1 aromatic heterocycles. The number of benzene rings is 1. The summed E-state index contributed by atoms with van der Waals surface area (Å²) in [6.07, 6.45) is -7.99. The summed E-state index contributed by atoms with van der Waals surface area (Å²) in [6.45, 7) is -0.101. The molecule has 0 aliphatic carbocycles. The second-order valence-corrected chi connectivity index (χ2v) is 4.92. The van der Waals surface area contributed by atoms with Gasteiger partial charge in [-0.15, -0.1) is 0 Å². The first-order valence-electron chi connectivity index (χ1n) is 6.88. The SMILES string of the molecule is O=C(NCCn1ccc(C(F)(F)F)n1)Nc1cccc(C(F)(F)F)c1. The maximum absolute atomic E-state index is 12.6. The van der Waals surface area contributed by atoms with Gasteiger partial charge in [0.1, 0.15) is 0 Å². The fourth-order valence-corrected chi connectivity index (χ4v) is 1.87. The third kappa shape index (κ3) is 5.40. The molecule has 2 N–H and O–H groups in total. The highest BCUT2D eigenvalue weighted by molar-refractivity contribution is 5.89. The number of rotatable bonds is 4. The second kappa shape index (κ2) is 7.03. The highest BCUT2D eigenvalue weighted by Crippen LogP contribution is 2.30. The van der Waals surface area contributed by atoms with Gasteiger partial charge in [0.15, 0.2) is 5.69 Å². The van der Waals surface area contributed by atoms with Crippen molar-refractivity contribution >= 4 is 11.7 Å². The summed E-state index contributed by atoms with van der Waals surface area (Å²) in [6, 6.07) is 4.05. The number of nitrogens with zero attached hydrogens (tertiary/aromatic N) is 2. The zero-order valence-electron chi connectivity index (χ0n) is 12.4. The molecule has 0 radical (unpaired) electrons. The van der Waals surface area contributed by atoms with E-state index in [4.69, 9.17) is 0 Å². The van der Waals surface area contributed by atoms with Gasteiger partial charge in [0.2, 0.25) is 0 Å². The molecule has 2 aromatic rings. The van der Waals surface area contributed by atoms with E-state index in [2.05, 4.69) is 15.7 Å². The number of urea groups is 1. The van der Waals surface area contributed by atoms with Gasteiger partial charge >= 0.3 is 18.4 Å². The Kier molecular flexibility index (Phi) is 5.24. The molecule has 0 atom stereocenters. The minimum atomic E-state index is -4.56. The molecule has 0 bridgehead atoms. The molecule has 0 spiro atoms. The number of hydrogen-bond donors (Lipinski definition) is 2. The van der Waals surface area contributed by atoms with E-state index in [1.165, 1.54) is 6.07 Å². The highest BCUT2D eigenvalue weighted by atomic mass is 19.4. The predicted octanol–water partition coefficient (Wildman–Crippen LogP) is 3.74. The molecule has 0 fully saturated rings. The minimum Gasteiger partial charge on any atom is -0.336 e. The van der Waals surface area contributed by atoms with Crippen LogP contribution in [0.4, 0.5) is 36.8 Å². The van der Waals surface area contributed by atoms with Gasteiger partial charge in [-0.1, -0.05) is 6.07 Å². The van der Waals surface area contributed by atoms with Crippen LogP contribution in [0, 0.1) is 0 Å². The molecule has 2 amide bonds. The lowest BCUT2D eigenvalue weighted by atomic mass is 10.2. The number of amides is 2. The van der Waals surface area contributed by atoms with Gasteiger partial charge in [0, 0.05) is 18.4 Å². The Morgan fingerprint density at radius 2 is 1.80 bits per heavy atom. The Hall–Kier alpha value is -2.72. The molecule has 1 heterocycles. The van der Waals surface area contributed by atoms with E-state index in [0.29, 0.717) is 0 Å². The summed E-state index contributed by atoms with van der Waals surface area (Å²) >= 11 is 0. The number of aromatic nitrogens is 2. The summed E-state index contributed by atoms with van der Waals surface area (Å²) in [7, 11) is 0. The predicted molar refractivity (Wildman–Crippen MR) is 75.7 cm³/mol. The van der Waals surface area contributed by atoms with Gasteiger partial charge in [0.25, 0.3) is 0 Å². The fraction of sp³-hybridized carbons (Fsp3) is 0.286. The van der Waals surface area contributed by atoms with Gasteiger partial charge < -0.3 is 10.6 Å². The van der Waals surface area contributed by atoms with Crippen molar-refractivity contribution in [2.45, 2.75) is 18.9 Å². The summed E-state index contributed by atoms with van der Waals surface area (Å²) < 4.78 is 75.8. The lowest BCUT2D eigenvalue weighted by Crippen LogP contribution is -2.31. The number of carbonyl (C=O) groups excluding carboxylic acids is 1. The van der Waals surface area contributed by atoms with Crippen LogP contribution in [-0.4, -0.2) is 22.4 Å². The van der Waals surface area contributed by atoms with Crippen molar-refractivity contribution < 1.29 is 31.1 Å². The van der Waals surface area contributed by atoms with E-state index in [1.807, 2.05) is 0 Å². The smallest absolute Gasteiger partial charge is 0.336 e. The molecule has 136 valence electrons. The van der Waals surface area contributed by atoms with Crippen LogP contribution in [0.3, 0.4) is 0 Å². The number of hydrogen-bond acceptors (Lipinski definition) is 2. The van der Waals surface area contributed by atoms with Crippen molar-refractivity contribution in [2.75, 3.05) is 11.9 Å². The van der Waals surface area contributed by atoms with E-state index in [1.54, 1.807) is 0 Å². The summed E-state index contributed by atoms with van der Waals surface area (Å²) in [5.41, 5.74) is -2.03. The third-order valence-corrected chi connectivity index (χ3v) is 3.01. The first-order valence-corrected chi connectivity index (χ1v) is 6.88. The molecule has 1 aromatic carbocycles. The zero-order chi connectivity index (χ0) is 18.7. The summed E-state index contributed by atoms with van der Waals surface area (Å²) in [5.74, 6) is 0. The Labute approximate surface area is 137 Å². The number of alkyl halides is 6. The Balaban J connectivity index is 1.84. The first kappa shape index (κ1) is 18.6. The lowest BCUT2D eigenvalue weighted by Gasteiger charge is -2.11. The molecule has 0 saturated heterocycles. The van der Waals surface area contributed by atoms with E-state index >= 15 is 0 Å².